The zero-order valence-corrected chi connectivity index (χ0v) is 11.8. The Morgan fingerprint density at radius 1 is 0.947 bits per heavy atom. The van der Waals surface area contributed by atoms with Crippen LogP contribution < -0.4 is 4.72 Å². The van der Waals surface area contributed by atoms with Crippen molar-refractivity contribution in [1.82, 2.24) is 0 Å². The van der Waals surface area contributed by atoms with Gasteiger partial charge in [-0.25, -0.2) is 12.8 Å². The number of halogens is 2. The monoisotopic (exact) mass is 301 g/mol. The Hall–Kier alpha value is -1.59. The average molecular weight is 302 g/mol. The van der Waals surface area contributed by atoms with Crippen LogP contribution in [0.5, 0.6) is 0 Å². The van der Waals surface area contributed by atoms with Gasteiger partial charge in [0.1, 0.15) is 5.82 Å². The number of rotatable bonds is 3. The van der Waals surface area contributed by atoms with E-state index in [0.29, 0.717) is 5.69 Å². The molecule has 0 aromatic heterocycles. The lowest BCUT2D eigenvalue weighted by atomic mass is 10.2. The van der Waals surface area contributed by atoms with Crippen LogP contribution >= 0.6 is 12.4 Å². The van der Waals surface area contributed by atoms with Gasteiger partial charge in [-0.2, -0.15) is 0 Å². The van der Waals surface area contributed by atoms with Gasteiger partial charge >= 0.3 is 0 Å². The Balaban J connectivity index is 0.00000180. The number of aryl methyl sites for hydroxylation is 1. The highest BCUT2D eigenvalue weighted by atomic mass is 35.5. The molecule has 0 radical (unpaired) electrons. The van der Waals surface area contributed by atoms with Gasteiger partial charge in [0.05, 0.1) is 4.90 Å². The smallest absolute Gasteiger partial charge is 0.261 e. The molecular weight excluding hydrogens is 289 g/mol. The van der Waals surface area contributed by atoms with Crippen molar-refractivity contribution in [2.24, 2.45) is 0 Å². The number of hydrogen-bond donors (Lipinski definition) is 1. The van der Waals surface area contributed by atoms with E-state index in [9.17, 15) is 12.8 Å². The lowest BCUT2D eigenvalue weighted by Crippen LogP contribution is -2.12. The average Bonchev–Trinajstić information content (AvgIpc) is 2.32. The molecule has 2 aromatic rings. The topological polar surface area (TPSA) is 46.2 Å². The van der Waals surface area contributed by atoms with Gasteiger partial charge in [-0.1, -0.05) is 17.7 Å². The van der Waals surface area contributed by atoms with E-state index in [4.69, 9.17) is 0 Å². The summed E-state index contributed by atoms with van der Waals surface area (Å²) in [7, 11) is -3.62. The van der Waals surface area contributed by atoms with E-state index in [2.05, 4.69) is 4.72 Å². The van der Waals surface area contributed by atoms with E-state index in [1.807, 2.05) is 6.92 Å². The molecule has 19 heavy (non-hydrogen) atoms. The first-order valence-electron chi connectivity index (χ1n) is 5.32. The lowest BCUT2D eigenvalue weighted by molar-refractivity contribution is 0.601. The van der Waals surface area contributed by atoms with Gasteiger partial charge in [-0.05, 0) is 43.3 Å². The van der Waals surface area contributed by atoms with E-state index in [1.54, 1.807) is 12.1 Å². The molecule has 0 bridgehead atoms. The Labute approximate surface area is 117 Å². The Morgan fingerprint density at radius 2 is 1.47 bits per heavy atom. The highest BCUT2D eigenvalue weighted by Crippen LogP contribution is 2.16. The summed E-state index contributed by atoms with van der Waals surface area (Å²) in [6.07, 6.45) is 0. The number of hydrogen-bond acceptors (Lipinski definition) is 2. The summed E-state index contributed by atoms with van der Waals surface area (Å²) in [6, 6.07) is 11.7. The first-order chi connectivity index (χ1) is 8.47. The molecule has 0 saturated heterocycles. The summed E-state index contributed by atoms with van der Waals surface area (Å²) < 4.78 is 39.1. The molecule has 102 valence electrons. The highest BCUT2D eigenvalue weighted by molar-refractivity contribution is 7.92. The first kappa shape index (κ1) is 15.5. The van der Waals surface area contributed by atoms with Crippen molar-refractivity contribution in [2.75, 3.05) is 4.72 Å². The number of sulfonamides is 1. The summed E-state index contributed by atoms with van der Waals surface area (Å²) in [5.41, 5.74) is 1.31. The van der Waals surface area contributed by atoms with Crippen LogP contribution in [0.2, 0.25) is 0 Å². The second-order valence-electron chi connectivity index (χ2n) is 3.93. The molecule has 6 heteroatoms. The summed E-state index contributed by atoms with van der Waals surface area (Å²) in [5.74, 6) is -0.409. The van der Waals surface area contributed by atoms with Crippen molar-refractivity contribution in [3.05, 3.63) is 59.9 Å². The van der Waals surface area contributed by atoms with Crippen LogP contribution in [0.3, 0.4) is 0 Å². The molecule has 0 aliphatic carbocycles. The largest absolute Gasteiger partial charge is 0.280 e. The SMILES string of the molecule is Cc1ccc(S(=O)(=O)Nc2ccc(F)cc2)cc1.Cl. The normalized spacial score (nSPS) is 10.6. The van der Waals surface area contributed by atoms with Crippen molar-refractivity contribution in [1.29, 1.82) is 0 Å². The van der Waals surface area contributed by atoms with Gasteiger partial charge in [0.2, 0.25) is 0 Å². The van der Waals surface area contributed by atoms with Gasteiger partial charge in [-0.15, -0.1) is 12.4 Å². The van der Waals surface area contributed by atoms with Crippen LogP contribution in [0.15, 0.2) is 53.4 Å². The van der Waals surface area contributed by atoms with E-state index in [0.717, 1.165) is 5.56 Å². The van der Waals surface area contributed by atoms with E-state index in [-0.39, 0.29) is 17.3 Å². The van der Waals surface area contributed by atoms with Crippen LogP contribution in [0, 0.1) is 12.7 Å². The Morgan fingerprint density at radius 3 is 2.00 bits per heavy atom. The summed E-state index contributed by atoms with van der Waals surface area (Å²) in [4.78, 5) is 0.178. The number of anilines is 1. The molecule has 0 spiro atoms. The van der Waals surface area contributed by atoms with Gasteiger partial charge in [0.25, 0.3) is 10.0 Å². The third-order valence-corrected chi connectivity index (χ3v) is 3.82. The Kier molecular flexibility index (Phi) is 4.91. The van der Waals surface area contributed by atoms with Crippen LogP contribution in [0.1, 0.15) is 5.56 Å². The minimum Gasteiger partial charge on any atom is -0.280 e. The molecule has 0 atom stereocenters. The summed E-state index contributed by atoms with van der Waals surface area (Å²) in [6.45, 7) is 1.88. The molecule has 2 rings (SSSR count). The lowest BCUT2D eigenvalue weighted by Gasteiger charge is -2.08. The highest BCUT2D eigenvalue weighted by Gasteiger charge is 2.13. The van der Waals surface area contributed by atoms with Crippen molar-refractivity contribution in [3.63, 3.8) is 0 Å². The standard InChI is InChI=1S/C13H12FNO2S.ClH/c1-10-2-8-13(9-3-10)18(16,17)15-12-6-4-11(14)5-7-12;/h2-9,15H,1H3;1H. The van der Waals surface area contributed by atoms with Gasteiger partial charge in [0.15, 0.2) is 0 Å². The molecule has 0 amide bonds. The Bertz CT molecular complexity index is 639. The zero-order valence-electron chi connectivity index (χ0n) is 10.1. The summed E-state index contributed by atoms with van der Waals surface area (Å²) in [5, 5.41) is 0. The predicted molar refractivity (Wildman–Crippen MR) is 75.6 cm³/mol. The minimum atomic E-state index is -3.62. The molecule has 0 aliphatic rings. The first-order valence-corrected chi connectivity index (χ1v) is 6.81. The fourth-order valence-corrected chi connectivity index (χ4v) is 2.51. The van der Waals surface area contributed by atoms with Crippen molar-refractivity contribution < 1.29 is 12.8 Å². The molecular formula is C13H13ClFNO2S. The zero-order chi connectivity index (χ0) is 13.2. The molecule has 3 nitrogen and oxygen atoms in total. The van der Waals surface area contributed by atoms with Crippen LogP contribution in [0.4, 0.5) is 10.1 Å². The fourth-order valence-electron chi connectivity index (χ4n) is 1.45. The van der Waals surface area contributed by atoms with Gasteiger partial charge < -0.3 is 0 Å². The third-order valence-electron chi connectivity index (χ3n) is 2.43. The number of benzene rings is 2. The molecule has 0 saturated carbocycles. The fraction of sp³-hybridized carbons (Fsp3) is 0.0769. The van der Waals surface area contributed by atoms with Crippen molar-refractivity contribution in [2.45, 2.75) is 11.8 Å². The molecule has 0 fully saturated rings. The molecule has 1 N–H and O–H groups in total. The molecule has 0 aliphatic heterocycles. The van der Waals surface area contributed by atoms with E-state index >= 15 is 0 Å². The quantitative estimate of drug-likeness (QED) is 0.945. The van der Waals surface area contributed by atoms with Crippen LogP contribution in [0.25, 0.3) is 0 Å². The van der Waals surface area contributed by atoms with Crippen LogP contribution in [-0.2, 0) is 10.0 Å². The maximum absolute atomic E-state index is 12.7. The maximum Gasteiger partial charge on any atom is 0.261 e. The van der Waals surface area contributed by atoms with Gasteiger partial charge in [0, 0.05) is 5.69 Å². The molecule has 2 aromatic carbocycles. The second kappa shape index (κ2) is 6.04. The predicted octanol–water partition coefficient (Wildman–Crippen LogP) is 3.36. The molecule has 0 unspecified atom stereocenters. The van der Waals surface area contributed by atoms with Gasteiger partial charge in [-0.3, -0.25) is 4.72 Å². The van der Waals surface area contributed by atoms with Crippen molar-refractivity contribution >= 4 is 28.1 Å². The summed E-state index contributed by atoms with van der Waals surface area (Å²) >= 11 is 0. The minimum absolute atomic E-state index is 0. The van der Waals surface area contributed by atoms with Crippen molar-refractivity contribution in [3.8, 4) is 0 Å². The van der Waals surface area contributed by atoms with Crippen LogP contribution in [-0.4, -0.2) is 8.42 Å². The third kappa shape index (κ3) is 3.94. The second-order valence-corrected chi connectivity index (χ2v) is 5.61. The number of nitrogens with one attached hydrogen (secondary N) is 1. The molecule has 0 heterocycles. The van der Waals surface area contributed by atoms with E-state index < -0.39 is 15.8 Å². The van der Waals surface area contributed by atoms with E-state index in [1.165, 1.54) is 36.4 Å². The maximum atomic E-state index is 12.7.